The van der Waals surface area contributed by atoms with Crippen LogP contribution in [-0.2, 0) is 9.59 Å². The summed E-state index contributed by atoms with van der Waals surface area (Å²) < 4.78 is 26.5. The number of benzene rings is 1. The summed E-state index contributed by atoms with van der Waals surface area (Å²) in [5.41, 5.74) is -0.0701. The second-order valence-corrected chi connectivity index (χ2v) is 6.56. The highest BCUT2D eigenvalue weighted by molar-refractivity contribution is 7.99. The average Bonchev–Trinajstić information content (AvgIpc) is 2.89. The molecular weight excluding hydrogens is 310 g/mol. The van der Waals surface area contributed by atoms with Gasteiger partial charge in [0.1, 0.15) is 17.7 Å². The summed E-state index contributed by atoms with van der Waals surface area (Å²) in [5, 5.41) is 2.45. The van der Waals surface area contributed by atoms with Crippen LogP contribution in [-0.4, -0.2) is 34.4 Å². The Bertz CT molecular complexity index is 607. The molecule has 2 fully saturated rings. The Labute approximate surface area is 131 Å². The molecule has 4 nitrogen and oxygen atoms in total. The van der Waals surface area contributed by atoms with E-state index in [1.807, 2.05) is 0 Å². The van der Waals surface area contributed by atoms with E-state index in [1.165, 1.54) is 17.8 Å². The molecule has 2 amide bonds. The predicted octanol–water partition coefficient (Wildman–Crippen LogP) is 2.60. The first-order chi connectivity index (χ1) is 10.6. The van der Waals surface area contributed by atoms with Crippen LogP contribution in [0.1, 0.15) is 19.3 Å². The van der Waals surface area contributed by atoms with Crippen LogP contribution in [0.4, 0.5) is 14.5 Å². The van der Waals surface area contributed by atoms with Crippen molar-refractivity contribution in [2.45, 2.75) is 25.3 Å². The molecule has 1 aliphatic heterocycles. The van der Waals surface area contributed by atoms with Crippen molar-refractivity contribution in [2.75, 3.05) is 16.9 Å². The number of nitrogens with zero attached hydrogens (tertiary/aromatic N) is 1. The van der Waals surface area contributed by atoms with Crippen LogP contribution in [0.5, 0.6) is 0 Å². The maximum Gasteiger partial charge on any atom is 0.248 e. The summed E-state index contributed by atoms with van der Waals surface area (Å²) >= 11 is 1.51. The summed E-state index contributed by atoms with van der Waals surface area (Å²) in [5.74, 6) is -0.938. The van der Waals surface area contributed by atoms with Crippen LogP contribution in [0.3, 0.4) is 0 Å². The van der Waals surface area contributed by atoms with E-state index in [9.17, 15) is 18.4 Å². The van der Waals surface area contributed by atoms with Gasteiger partial charge >= 0.3 is 0 Å². The molecule has 0 bridgehead atoms. The lowest BCUT2D eigenvalue weighted by Crippen LogP contribution is -2.48. The molecule has 1 saturated heterocycles. The van der Waals surface area contributed by atoms with Gasteiger partial charge in [-0.2, -0.15) is 0 Å². The number of thioether (sulfide) groups is 1. The van der Waals surface area contributed by atoms with E-state index in [-0.39, 0.29) is 17.5 Å². The molecule has 1 atom stereocenters. The Morgan fingerprint density at radius 3 is 2.68 bits per heavy atom. The molecule has 3 rings (SSSR count). The molecule has 0 aromatic heterocycles. The molecule has 22 heavy (non-hydrogen) atoms. The normalized spacial score (nSPS) is 21.5. The molecule has 0 spiro atoms. The zero-order valence-electron chi connectivity index (χ0n) is 11.9. The zero-order valence-corrected chi connectivity index (χ0v) is 12.7. The van der Waals surface area contributed by atoms with E-state index < -0.39 is 23.6 Å². The van der Waals surface area contributed by atoms with Crippen LogP contribution in [0.25, 0.3) is 0 Å². The van der Waals surface area contributed by atoms with Gasteiger partial charge in [0, 0.05) is 17.7 Å². The predicted molar refractivity (Wildman–Crippen MR) is 80.3 cm³/mol. The van der Waals surface area contributed by atoms with E-state index >= 15 is 0 Å². The standard InChI is InChI=1S/C15H16F2N2O2S/c16-10-4-5-12(11(17)6-10)18-14(20)13-7-22-8-19(13)15(21)9-2-1-3-9/h4-6,9,13H,1-3,7-8H2,(H,18,20). The van der Waals surface area contributed by atoms with Gasteiger partial charge in [0.25, 0.3) is 0 Å². The van der Waals surface area contributed by atoms with Crippen molar-refractivity contribution < 1.29 is 18.4 Å². The van der Waals surface area contributed by atoms with E-state index in [4.69, 9.17) is 0 Å². The van der Waals surface area contributed by atoms with Crippen molar-refractivity contribution in [3.8, 4) is 0 Å². The molecule has 1 aliphatic carbocycles. The van der Waals surface area contributed by atoms with Gasteiger partial charge in [0.15, 0.2) is 0 Å². The molecule has 1 N–H and O–H groups in total. The second-order valence-electron chi connectivity index (χ2n) is 5.56. The lowest BCUT2D eigenvalue weighted by atomic mass is 9.84. The monoisotopic (exact) mass is 326 g/mol. The number of hydrogen-bond donors (Lipinski definition) is 1. The number of carbonyl (C=O) groups is 2. The summed E-state index contributed by atoms with van der Waals surface area (Å²) in [6.45, 7) is 0. The minimum absolute atomic E-state index is 0.0102. The summed E-state index contributed by atoms with van der Waals surface area (Å²) in [6, 6.07) is 2.39. The number of nitrogens with one attached hydrogen (secondary N) is 1. The number of rotatable bonds is 3. The molecular formula is C15H16F2N2O2S. The summed E-state index contributed by atoms with van der Waals surface area (Å²) in [6.07, 6.45) is 2.80. The van der Waals surface area contributed by atoms with Crippen molar-refractivity contribution in [1.29, 1.82) is 0 Å². The highest BCUT2D eigenvalue weighted by Gasteiger charge is 2.39. The molecule has 1 saturated carbocycles. The minimum atomic E-state index is -0.823. The van der Waals surface area contributed by atoms with E-state index in [0.29, 0.717) is 11.6 Å². The second kappa shape index (κ2) is 6.24. The lowest BCUT2D eigenvalue weighted by Gasteiger charge is -2.31. The van der Waals surface area contributed by atoms with Gasteiger partial charge in [0.2, 0.25) is 11.8 Å². The molecule has 118 valence electrons. The van der Waals surface area contributed by atoms with Crippen LogP contribution in [0, 0.1) is 17.6 Å². The first kappa shape index (κ1) is 15.3. The number of carbonyl (C=O) groups excluding carboxylic acids is 2. The third-order valence-corrected chi connectivity index (χ3v) is 5.12. The SMILES string of the molecule is O=C(Nc1ccc(F)cc1F)C1CSCN1C(=O)C1CCC1. The fraction of sp³-hybridized carbons (Fsp3) is 0.467. The van der Waals surface area contributed by atoms with Crippen LogP contribution >= 0.6 is 11.8 Å². The van der Waals surface area contributed by atoms with E-state index in [1.54, 1.807) is 4.90 Å². The number of hydrogen-bond acceptors (Lipinski definition) is 3. The zero-order chi connectivity index (χ0) is 15.7. The Balaban J connectivity index is 1.69. The van der Waals surface area contributed by atoms with Crippen molar-refractivity contribution >= 4 is 29.3 Å². The van der Waals surface area contributed by atoms with Gasteiger partial charge in [0.05, 0.1) is 11.6 Å². The molecule has 1 aromatic rings. The molecule has 1 heterocycles. The van der Waals surface area contributed by atoms with Crippen LogP contribution < -0.4 is 5.32 Å². The molecule has 1 unspecified atom stereocenters. The van der Waals surface area contributed by atoms with Crippen molar-refractivity contribution in [2.24, 2.45) is 5.92 Å². The Morgan fingerprint density at radius 1 is 1.27 bits per heavy atom. The lowest BCUT2D eigenvalue weighted by molar-refractivity contribution is -0.141. The molecule has 2 aliphatic rings. The minimum Gasteiger partial charge on any atom is -0.322 e. The average molecular weight is 326 g/mol. The maximum absolute atomic E-state index is 13.6. The smallest absolute Gasteiger partial charge is 0.248 e. The van der Waals surface area contributed by atoms with Crippen LogP contribution in [0.2, 0.25) is 0 Å². The van der Waals surface area contributed by atoms with Crippen molar-refractivity contribution in [3.05, 3.63) is 29.8 Å². The van der Waals surface area contributed by atoms with Crippen molar-refractivity contribution in [3.63, 3.8) is 0 Å². The quantitative estimate of drug-likeness (QED) is 0.929. The van der Waals surface area contributed by atoms with Gasteiger partial charge in [-0.3, -0.25) is 9.59 Å². The number of anilines is 1. The third-order valence-electron chi connectivity index (χ3n) is 4.11. The first-order valence-corrected chi connectivity index (χ1v) is 8.36. The Hall–Kier alpha value is -1.63. The van der Waals surface area contributed by atoms with E-state index in [0.717, 1.165) is 31.4 Å². The Morgan fingerprint density at radius 2 is 2.05 bits per heavy atom. The van der Waals surface area contributed by atoms with Gasteiger partial charge in [-0.25, -0.2) is 8.78 Å². The topological polar surface area (TPSA) is 49.4 Å². The maximum atomic E-state index is 13.6. The van der Waals surface area contributed by atoms with Gasteiger partial charge in [-0.05, 0) is 25.0 Å². The molecule has 1 aromatic carbocycles. The van der Waals surface area contributed by atoms with E-state index in [2.05, 4.69) is 5.32 Å². The summed E-state index contributed by atoms with van der Waals surface area (Å²) in [7, 11) is 0. The first-order valence-electron chi connectivity index (χ1n) is 7.20. The summed E-state index contributed by atoms with van der Waals surface area (Å²) in [4.78, 5) is 26.2. The third kappa shape index (κ3) is 2.95. The number of amides is 2. The molecule has 7 heteroatoms. The van der Waals surface area contributed by atoms with Crippen LogP contribution in [0.15, 0.2) is 18.2 Å². The highest BCUT2D eigenvalue weighted by atomic mass is 32.2. The van der Waals surface area contributed by atoms with Gasteiger partial charge in [-0.1, -0.05) is 6.42 Å². The fourth-order valence-corrected chi connectivity index (χ4v) is 3.74. The van der Waals surface area contributed by atoms with Crippen molar-refractivity contribution in [1.82, 2.24) is 4.90 Å². The fourth-order valence-electron chi connectivity index (χ4n) is 2.57. The van der Waals surface area contributed by atoms with Gasteiger partial charge in [-0.15, -0.1) is 11.8 Å². The Kier molecular flexibility index (Phi) is 4.33. The largest absolute Gasteiger partial charge is 0.322 e. The highest BCUT2D eigenvalue weighted by Crippen LogP contribution is 2.32. The van der Waals surface area contributed by atoms with Gasteiger partial charge < -0.3 is 10.2 Å². The number of halogens is 2. The molecule has 0 radical (unpaired) electrons.